The summed E-state index contributed by atoms with van der Waals surface area (Å²) >= 11 is 0. The van der Waals surface area contributed by atoms with E-state index in [2.05, 4.69) is 9.97 Å². The number of esters is 2. The fourth-order valence-electron chi connectivity index (χ4n) is 3.43. The summed E-state index contributed by atoms with van der Waals surface area (Å²) in [7, 11) is 0. The van der Waals surface area contributed by atoms with Crippen molar-refractivity contribution >= 4 is 35.1 Å². The van der Waals surface area contributed by atoms with E-state index in [-0.39, 0.29) is 32.0 Å². The highest BCUT2D eigenvalue weighted by Crippen LogP contribution is 2.41. The van der Waals surface area contributed by atoms with Crippen molar-refractivity contribution in [1.82, 2.24) is 9.97 Å². The number of hydrogen-bond acceptors (Lipinski definition) is 8. The van der Waals surface area contributed by atoms with Gasteiger partial charge in [0, 0.05) is 17.6 Å². The molecule has 0 amide bonds. The van der Waals surface area contributed by atoms with Crippen molar-refractivity contribution in [1.29, 1.82) is 0 Å². The third-order valence-electron chi connectivity index (χ3n) is 5.00. The molecule has 0 bridgehead atoms. The Bertz CT molecular complexity index is 1140. The summed E-state index contributed by atoms with van der Waals surface area (Å²) in [6.07, 6.45) is -4.08. The summed E-state index contributed by atoms with van der Waals surface area (Å²) in [6, 6.07) is 12.7. The predicted molar refractivity (Wildman–Crippen MR) is 127 cm³/mol. The van der Waals surface area contributed by atoms with Crippen LogP contribution in [0, 0.1) is 0 Å². The van der Waals surface area contributed by atoms with Crippen LogP contribution in [-0.2, 0) is 38.1 Å². The average molecular weight is 502 g/mol. The fourth-order valence-corrected chi connectivity index (χ4v) is 3.43. The second-order valence-electron chi connectivity index (χ2n) is 7.60. The van der Waals surface area contributed by atoms with E-state index in [9.17, 15) is 22.8 Å². The maximum absolute atomic E-state index is 13.9. The molecule has 0 saturated heterocycles. The standard InChI is InChI=1S/C25H25F3N4O4/c1-3-35-21(33)13-16-5-9-18(10-6-16)32(23-20(25(26,27)28)15-30-24(29)31-23)19-11-7-17(8-12-19)14-22(34)36-4-2/h5-12,15H,3-4,13-14H2,1-2H3,(H2,29,30,31). The first-order valence-electron chi connectivity index (χ1n) is 11.1. The maximum atomic E-state index is 13.9. The molecule has 1 heterocycles. The highest BCUT2D eigenvalue weighted by Gasteiger charge is 2.37. The number of halogens is 3. The normalized spacial score (nSPS) is 11.1. The first kappa shape index (κ1) is 26.5. The zero-order valence-corrected chi connectivity index (χ0v) is 19.7. The topological polar surface area (TPSA) is 108 Å². The number of nitrogen functional groups attached to an aromatic ring is 1. The van der Waals surface area contributed by atoms with Crippen LogP contribution >= 0.6 is 0 Å². The monoisotopic (exact) mass is 502 g/mol. The van der Waals surface area contributed by atoms with Gasteiger partial charge in [-0.25, -0.2) is 4.98 Å². The van der Waals surface area contributed by atoms with Crippen molar-refractivity contribution in [3.8, 4) is 0 Å². The van der Waals surface area contributed by atoms with Crippen LogP contribution in [0.2, 0.25) is 0 Å². The van der Waals surface area contributed by atoms with Crippen LogP contribution in [0.15, 0.2) is 54.7 Å². The Morgan fingerprint density at radius 1 is 0.861 bits per heavy atom. The highest BCUT2D eigenvalue weighted by molar-refractivity contribution is 5.78. The number of nitrogens with zero attached hydrogens (tertiary/aromatic N) is 3. The smallest absolute Gasteiger partial charge is 0.421 e. The van der Waals surface area contributed by atoms with Gasteiger partial charge in [-0.3, -0.25) is 14.5 Å². The van der Waals surface area contributed by atoms with Gasteiger partial charge in [0.05, 0.1) is 26.1 Å². The molecule has 2 N–H and O–H groups in total. The van der Waals surface area contributed by atoms with E-state index < -0.39 is 29.5 Å². The molecule has 0 radical (unpaired) electrons. The molecular weight excluding hydrogens is 477 g/mol. The molecule has 0 aliphatic rings. The van der Waals surface area contributed by atoms with Gasteiger partial charge in [0.15, 0.2) is 5.82 Å². The Morgan fingerprint density at radius 2 is 1.31 bits per heavy atom. The third kappa shape index (κ3) is 6.71. The van der Waals surface area contributed by atoms with Crippen LogP contribution in [0.1, 0.15) is 30.5 Å². The van der Waals surface area contributed by atoms with Crippen LogP contribution in [0.5, 0.6) is 0 Å². The molecule has 8 nitrogen and oxygen atoms in total. The van der Waals surface area contributed by atoms with Crippen LogP contribution in [0.3, 0.4) is 0 Å². The van der Waals surface area contributed by atoms with Crippen LogP contribution < -0.4 is 10.6 Å². The summed E-state index contributed by atoms with van der Waals surface area (Å²) in [4.78, 5) is 32.3. The molecule has 0 fully saturated rings. The lowest BCUT2D eigenvalue weighted by molar-refractivity contribution is -0.143. The Hall–Kier alpha value is -4.15. The quantitative estimate of drug-likeness (QED) is 0.418. The molecule has 11 heteroatoms. The minimum atomic E-state index is -4.75. The molecule has 0 saturated carbocycles. The lowest BCUT2D eigenvalue weighted by Gasteiger charge is -2.27. The number of benzene rings is 2. The second-order valence-corrected chi connectivity index (χ2v) is 7.60. The van der Waals surface area contributed by atoms with E-state index in [0.717, 1.165) is 0 Å². The summed E-state index contributed by atoms with van der Waals surface area (Å²) < 4.78 is 51.5. The lowest BCUT2D eigenvalue weighted by atomic mass is 10.1. The molecule has 36 heavy (non-hydrogen) atoms. The minimum Gasteiger partial charge on any atom is -0.466 e. The molecule has 2 aromatic carbocycles. The van der Waals surface area contributed by atoms with Crippen molar-refractivity contribution in [3.05, 3.63) is 71.4 Å². The van der Waals surface area contributed by atoms with Gasteiger partial charge in [-0.05, 0) is 49.2 Å². The zero-order chi connectivity index (χ0) is 26.3. The number of ether oxygens (including phenoxy) is 2. The Balaban J connectivity index is 2.06. The number of anilines is 4. The number of nitrogens with two attached hydrogens (primary N) is 1. The van der Waals surface area contributed by atoms with Crippen molar-refractivity contribution in [3.63, 3.8) is 0 Å². The summed E-state index contributed by atoms with van der Waals surface area (Å²) in [5.74, 6) is -1.63. The van der Waals surface area contributed by atoms with Gasteiger partial charge in [0.1, 0.15) is 5.56 Å². The SMILES string of the molecule is CCOC(=O)Cc1ccc(N(c2ccc(CC(=O)OCC)cc2)c2nc(N)ncc2C(F)(F)F)cc1. The van der Waals surface area contributed by atoms with Gasteiger partial charge < -0.3 is 15.2 Å². The molecular formula is C25H25F3N4O4. The number of carbonyl (C=O) groups excluding carboxylic acids is 2. The molecule has 3 aromatic rings. The Kier molecular flexibility index (Phi) is 8.46. The maximum Gasteiger partial charge on any atom is 0.421 e. The van der Waals surface area contributed by atoms with Gasteiger partial charge in [-0.15, -0.1) is 0 Å². The van der Waals surface area contributed by atoms with E-state index in [1.807, 2.05) is 0 Å². The molecule has 0 aliphatic heterocycles. The Labute approximate surface area is 205 Å². The summed E-state index contributed by atoms with van der Waals surface area (Å²) in [5.41, 5.74) is 6.50. The van der Waals surface area contributed by atoms with Crippen LogP contribution in [-0.4, -0.2) is 35.1 Å². The van der Waals surface area contributed by atoms with Crippen molar-refractivity contribution < 1.29 is 32.2 Å². The second kappa shape index (κ2) is 11.5. The van der Waals surface area contributed by atoms with Crippen molar-refractivity contribution in [2.24, 2.45) is 0 Å². The zero-order valence-electron chi connectivity index (χ0n) is 19.7. The van der Waals surface area contributed by atoms with Crippen molar-refractivity contribution in [2.75, 3.05) is 23.8 Å². The molecule has 0 atom stereocenters. The number of rotatable bonds is 9. The Morgan fingerprint density at radius 3 is 1.69 bits per heavy atom. The van der Waals surface area contributed by atoms with Gasteiger partial charge >= 0.3 is 18.1 Å². The molecule has 0 aliphatic carbocycles. The number of alkyl halides is 3. The third-order valence-corrected chi connectivity index (χ3v) is 5.00. The molecule has 190 valence electrons. The molecule has 0 unspecified atom stereocenters. The summed E-state index contributed by atoms with van der Waals surface area (Å²) in [5, 5.41) is 0. The molecule has 0 spiro atoms. The van der Waals surface area contributed by atoms with E-state index >= 15 is 0 Å². The first-order valence-corrected chi connectivity index (χ1v) is 11.1. The van der Waals surface area contributed by atoms with Gasteiger partial charge in [0.2, 0.25) is 5.95 Å². The molecule has 3 rings (SSSR count). The van der Waals surface area contributed by atoms with Gasteiger partial charge in [-0.2, -0.15) is 18.2 Å². The van der Waals surface area contributed by atoms with E-state index in [0.29, 0.717) is 28.7 Å². The number of carbonyl (C=O) groups is 2. The minimum absolute atomic E-state index is 0.0188. The predicted octanol–water partition coefficient (Wildman–Crippen LogP) is 4.76. The van der Waals surface area contributed by atoms with E-state index in [4.69, 9.17) is 15.2 Å². The van der Waals surface area contributed by atoms with E-state index in [1.54, 1.807) is 62.4 Å². The first-order chi connectivity index (χ1) is 17.1. The largest absolute Gasteiger partial charge is 0.466 e. The average Bonchev–Trinajstić information content (AvgIpc) is 2.81. The van der Waals surface area contributed by atoms with Gasteiger partial charge in [0.25, 0.3) is 0 Å². The fraction of sp³-hybridized carbons (Fsp3) is 0.280. The van der Waals surface area contributed by atoms with Crippen molar-refractivity contribution in [2.45, 2.75) is 32.9 Å². The van der Waals surface area contributed by atoms with Gasteiger partial charge in [-0.1, -0.05) is 24.3 Å². The van der Waals surface area contributed by atoms with E-state index in [1.165, 1.54) is 4.90 Å². The van der Waals surface area contributed by atoms with Crippen LogP contribution in [0.25, 0.3) is 0 Å². The lowest BCUT2D eigenvalue weighted by Crippen LogP contribution is -2.20. The summed E-state index contributed by atoms with van der Waals surface area (Å²) in [6.45, 7) is 3.88. The highest BCUT2D eigenvalue weighted by atomic mass is 19.4. The number of hydrogen-bond donors (Lipinski definition) is 1. The van der Waals surface area contributed by atoms with Crippen LogP contribution in [0.4, 0.5) is 36.3 Å². The molecule has 1 aromatic heterocycles. The number of aromatic nitrogens is 2.